The molecule has 2 aromatic carbocycles. The van der Waals surface area contributed by atoms with Crippen LogP contribution in [0.15, 0.2) is 46.0 Å². The zero-order valence-electron chi connectivity index (χ0n) is 16.1. The highest BCUT2D eigenvalue weighted by Gasteiger charge is 2.09. The van der Waals surface area contributed by atoms with Gasteiger partial charge >= 0.3 is 0 Å². The fraction of sp³-hybridized carbons (Fsp3) is 0.333. The number of rotatable bonds is 8. The van der Waals surface area contributed by atoms with Gasteiger partial charge in [0.05, 0.1) is 6.61 Å². The van der Waals surface area contributed by atoms with Gasteiger partial charge in [-0.05, 0) is 62.1 Å². The molecule has 0 aliphatic rings. The van der Waals surface area contributed by atoms with Gasteiger partial charge in [0.2, 0.25) is 0 Å². The summed E-state index contributed by atoms with van der Waals surface area (Å²) in [6.45, 7) is 8.99. The fourth-order valence-corrected chi connectivity index (χ4v) is 3.10. The third kappa shape index (κ3) is 5.50. The molecule has 0 aliphatic carbocycles. The number of aryl methyl sites for hydroxylation is 4. The molecule has 0 spiro atoms. The van der Waals surface area contributed by atoms with Crippen LogP contribution >= 0.6 is 11.8 Å². The average Bonchev–Trinajstić information content (AvgIpc) is 3.10. The van der Waals surface area contributed by atoms with Gasteiger partial charge < -0.3 is 13.9 Å². The van der Waals surface area contributed by atoms with Crippen LogP contribution in [0.1, 0.15) is 28.1 Å². The first-order valence-electron chi connectivity index (χ1n) is 8.86. The van der Waals surface area contributed by atoms with Crippen molar-refractivity contribution in [1.29, 1.82) is 0 Å². The molecule has 3 aromatic rings. The number of nitrogens with zero attached hydrogens (tertiary/aromatic N) is 2. The van der Waals surface area contributed by atoms with Crippen LogP contribution in [0.5, 0.6) is 11.5 Å². The van der Waals surface area contributed by atoms with Crippen LogP contribution in [0.2, 0.25) is 0 Å². The average molecular weight is 385 g/mol. The van der Waals surface area contributed by atoms with Crippen molar-refractivity contribution in [2.45, 2.75) is 39.5 Å². The zero-order chi connectivity index (χ0) is 19.2. The van der Waals surface area contributed by atoms with Gasteiger partial charge in [-0.25, -0.2) is 0 Å². The van der Waals surface area contributed by atoms with Crippen molar-refractivity contribution in [3.8, 4) is 11.5 Å². The Morgan fingerprint density at radius 3 is 2.15 bits per heavy atom. The highest BCUT2D eigenvalue weighted by molar-refractivity contribution is 7.99. The van der Waals surface area contributed by atoms with Gasteiger partial charge in [0, 0.05) is 5.75 Å². The lowest BCUT2D eigenvalue weighted by Crippen LogP contribution is -2.01. The number of hydrogen-bond donors (Lipinski definition) is 0. The Bertz CT molecular complexity index is 908. The first-order chi connectivity index (χ1) is 13.0. The molecule has 0 unspecified atom stereocenters. The van der Waals surface area contributed by atoms with Crippen LogP contribution in [0.3, 0.4) is 0 Å². The summed E-state index contributed by atoms with van der Waals surface area (Å²) in [6, 6.07) is 12.3. The Hall–Kier alpha value is -2.47. The Labute approximate surface area is 164 Å². The van der Waals surface area contributed by atoms with Gasteiger partial charge in [-0.1, -0.05) is 36.0 Å². The summed E-state index contributed by atoms with van der Waals surface area (Å²) < 4.78 is 17.3. The van der Waals surface area contributed by atoms with Crippen LogP contribution in [-0.4, -0.2) is 22.6 Å². The minimum atomic E-state index is 0.261. The van der Waals surface area contributed by atoms with E-state index in [-0.39, 0.29) is 6.61 Å². The molecule has 6 heteroatoms. The maximum atomic E-state index is 5.84. The number of thioether (sulfide) groups is 1. The van der Waals surface area contributed by atoms with E-state index in [1.54, 1.807) is 0 Å². The Morgan fingerprint density at radius 2 is 1.48 bits per heavy atom. The maximum absolute atomic E-state index is 5.84. The largest absolute Gasteiger partial charge is 0.492 e. The van der Waals surface area contributed by atoms with Crippen molar-refractivity contribution in [3.05, 3.63) is 64.5 Å². The summed E-state index contributed by atoms with van der Waals surface area (Å²) in [5.74, 6) is 2.95. The first kappa shape index (κ1) is 19.3. The van der Waals surface area contributed by atoms with Crippen LogP contribution in [-0.2, 0) is 6.61 Å². The molecular weight excluding hydrogens is 360 g/mol. The van der Waals surface area contributed by atoms with E-state index in [2.05, 4.69) is 41.4 Å². The molecule has 5 nitrogen and oxygen atoms in total. The number of aromatic nitrogens is 2. The van der Waals surface area contributed by atoms with Crippen molar-refractivity contribution in [1.82, 2.24) is 10.2 Å². The molecule has 0 aliphatic heterocycles. The summed E-state index contributed by atoms with van der Waals surface area (Å²) in [6.07, 6.45) is 0. The summed E-state index contributed by atoms with van der Waals surface area (Å²) in [7, 11) is 0. The summed E-state index contributed by atoms with van der Waals surface area (Å²) >= 11 is 1.48. The molecule has 1 aromatic heterocycles. The van der Waals surface area contributed by atoms with Crippen molar-refractivity contribution in [2.75, 3.05) is 12.4 Å². The van der Waals surface area contributed by atoms with Crippen LogP contribution < -0.4 is 9.47 Å². The molecule has 142 valence electrons. The van der Waals surface area contributed by atoms with E-state index in [1.165, 1.54) is 17.3 Å². The highest BCUT2D eigenvalue weighted by Crippen LogP contribution is 2.22. The fourth-order valence-electron chi connectivity index (χ4n) is 2.50. The van der Waals surface area contributed by atoms with Crippen molar-refractivity contribution < 1.29 is 13.9 Å². The molecule has 0 radical (unpaired) electrons. The third-order valence-electron chi connectivity index (χ3n) is 4.05. The standard InChI is InChI=1S/C21H24N2O3S/c1-14-5-7-16(3)18(11-14)24-9-10-27-21-23-22-20(26-21)13-25-19-12-15(2)6-8-17(19)4/h5-8,11-12H,9-10,13H2,1-4H3. The van der Waals surface area contributed by atoms with E-state index in [0.29, 0.717) is 17.7 Å². The summed E-state index contributed by atoms with van der Waals surface area (Å²) in [4.78, 5) is 0. The second-order valence-corrected chi connectivity index (χ2v) is 7.53. The molecule has 0 saturated heterocycles. The minimum Gasteiger partial charge on any atom is -0.492 e. The number of ether oxygens (including phenoxy) is 2. The van der Waals surface area contributed by atoms with E-state index < -0.39 is 0 Å². The molecule has 3 rings (SSSR count). The van der Waals surface area contributed by atoms with Gasteiger partial charge in [0.15, 0.2) is 6.61 Å². The van der Waals surface area contributed by atoms with Crippen LogP contribution in [0.4, 0.5) is 0 Å². The highest BCUT2D eigenvalue weighted by atomic mass is 32.2. The third-order valence-corrected chi connectivity index (χ3v) is 4.84. The lowest BCUT2D eigenvalue weighted by Gasteiger charge is -2.09. The van der Waals surface area contributed by atoms with Crippen LogP contribution in [0, 0.1) is 27.7 Å². The molecule has 0 saturated carbocycles. The minimum absolute atomic E-state index is 0.261. The smallest absolute Gasteiger partial charge is 0.276 e. The second-order valence-electron chi connectivity index (χ2n) is 6.49. The lowest BCUT2D eigenvalue weighted by molar-refractivity contribution is 0.250. The normalized spacial score (nSPS) is 10.8. The molecule has 0 atom stereocenters. The SMILES string of the molecule is Cc1ccc(C)c(OCCSc2nnc(COc3cc(C)ccc3C)o2)c1. The lowest BCUT2D eigenvalue weighted by atomic mass is 10.1. The van der Waals surface area contributed by atoms with Crippen LogP contribution in [0.25, 0.3) is 0 Å². The number of benzene rings is 2. The molecule has 0 amide bonds. The Kier molecular flexibility index (Phi) is 6.40. The van der Waals surface area contributed by atoms with Crippen molar-refractivity contribution in [2.24, 2.45) is 0 Å². The quantitative estimate of drug-likeness (QED) is 0.400. The van der Waals surface area contributed by atoms with Gasteiger partial charge in [-0.2, -0.15) is 0 Å². The second kappa shape index (κ2) is 8.95. The Morgan fingerprint density at radius 1 is 0.852 bits per heavy atom. The predicted octanol–water partition coefficient (Wildman–Crippen LogP) is 5.05. The molecule has 0 fully saturated rings. The summed E-state index contributed by atoms with van der Waals surface area (Å²) in [5, 5.41) is 8.63. The van der Waals surface area contributed by atoms with Gasteiger partial charge in [-0.3, -0.25) is 0 Å². The molecule has 1 heterocycles. The predicted molar refractivity (Wildman–Crippen MR) is 107 cm³/mol. The number of hydrogen-bond acceptors (Lipinski definition) is 6. The van der Waals surface area contributed by atoms with E-state index in [4.69, 9.17) is 13.9 Å². The van der Waals surface area contributed by atoms with E-state index in [0.717, 1.165) is 33.9 Å². The molecule has 0 bridgehead atoms. The maximum Gasteiger partial charge on any atom is 0.276 e. The summed E-state index contributed by atoms with van der Waals surface area (Å²) in [5.41, 5.74) is 4.56. The molecular formula is C21H24N2O3S. The van der Waals surface area contributed by atoms with E-state index in [9.17, 15) is 0 Å². The van der Waals surface area contributed by atoms with Gasteiger partial charge in [-0.15, -0.1) is 10.2 Å². The zero-order valence-corrected chi connectivity index (χ0v) is 16.9. The van der Waals surface area contributed by atoms with Gasteiger partial charge in [0.25, 0.3) is 11.1 Å². The van der Waals surface area contributed by atoms with Crippen molar-refractivity contribution in [3.63, 3.8) is 0 Å². The van der Waals surface area contributed by atoms with Gasteiger partial charge in [0.1, 0.15) is 11.5 Å². The molecule has 27 heavy (non-hydrogen) atoms. The van der Waals surface area contributed by atoms with E-state index in [1.807, 2.05) is 32.9 Å². The monoisotopic (exact) mass is 384 g/mol. The first-order valence-corrected chi connectivity index (χ1v) is 9.85. The van der Waals surface area contributed by atoms with Crippen molar-refractivity contribution >= 4 is 11.8 Å². The van der Waals surface area contributed by atoms with E-state index >= 15 is 0 Å². The Balaban J connectivity index is 1.45. The molecule has 0 N–H and O–H groups in total. The topological polar surface area (TPSA) is 57.4 Å².